The summed E-state index contributed by atoms with van der Waals surface area (Å²) in [6, 6.07) is 10.5. The number of nitrogens with one attached hydrogen (secondary N) is 1. The minimum atomic E-state index is -4.47. The minimum Gasteiger partial charge on any atom is -0.383 e. The molecule has 2 heterocycles. The number of alkyl halides is 3. The lowest BCUT2D eigenvalue weighted by atomic mass is 9.98. The summed E-state index contributed by atoms with van der Waals surface area (Å²) in [6.45, 7) is 2.69. The molecule has 6 nitrogen and oxygen atoms in total. The maximum absolute atomic E-state index is 12.5. The van der Waals surface area contributed by atoms with Gasteiger partial charge in [-0.2, -0.15) is 13.2 Å². The Morgan fingerprint density at radius 3 is 2.68 bits per heavy atom. The lowest BCUT2D eigenvalue weighted by Gasteiger charge is -2.11. The first-order valence-corrected chi connectivity index (χ1v) is 9.65. The third-order valence-corrected chi connectivity index (χ3v) is 5.08. The number of rotatable bonds is 4. The monoisotopic (exact) mass is 427 g/mol. The molecule has 31 heavy (non-hydrogen) atoms. The van der Waals surface area contributed by atoms with Crippen molar-refractivity contribution >= 4 is 33.5 Å². The molecule has 0 saturated carbocycles. The van der Waals surface area contributed by atoms with Gasteiger partial charge in [0.2, 0.25) is 0 Å². The maximum atomic E-state index is 12.5. The van der Waals surface area contributed by atoms with Crippen molar-refractivity contribution in [1.29, 1.82) is 0 Å². The molecular formula is C22H20F3N5O. The van der Waals surface area contributed by atoms with Crippen molar-refractivity contribution in [3.63, 3.8) is 0 Å². The largest absolute Gasteiger partial charge is 0.405 e. The lowest BCUT2D eigenvalue weighted by molar-refractivity contribution is -0.123. The maximum Gasteiger partial charge on any atom is 0.405 e. The molecule has 0 aliphatic heterocycles. The number of nitrogens with two attached hydrogens (primary N) is 1. The molecule has 0 atom stereocenters. The number of aromatic nitrogens is 3. The van der Waals surface area contributed by atoms with Crippen LogP contribution >= 0.6 is 0 Å². The molecule has 2 aromatic heterocycles. The quantitative estimate of drug-likeness (QED) is 0.494. The van der Waals surface area contributed by atoms with Gasteiger partial charge in [0.05, 0.1) is 5.39 Å². The molecule has 0 aliphatic rings. The second-order valence-electron chi connectivity index (χ2n) is 7.54. The van der Waals surface area contributed by atoms with Gasteiger partial charge >= 0.3 is 6.18 Å². The first-order chi connectivity index (χ1) is 14.7. The van der Waals surface area contributed by atoms with Gasteiger partial charge in [-0.15, -0.1) is 0 Å². The van der Waals surface area contributed by atoms with Crippen LogP contribution in [-0.4, -0.2) is 33.2 Å². The predicted molar refractivity (Wildman–Crippen MR) is 114 cm³/mol. The van der Waals surface area contributed by atoms with Crippen LogP contribution in [0, 0.1) is 0 Å². The van der Waals surface area contributed by atoms with Crippen LogP contribution in [0.2, 0.25) is 0 Å². The summed E-state index contributed by atoms with van der Waals surface area (Å²) in [5.41, 5.74) is 8.73. The highest BCUT2D eigenvalue weighted by Gasteiger charge is 2.28. The van der Waals surface area contributed by atoms with E-state index in [9.17, 15) is 18.0 Å². The summed E-state index contributed by atoms with van der Waals surface area (Å²) in [5.74, 6) is -0.412. The highest BCUT2D eigenvalue weighted by molar-refractivity contribution is 6.09. The molecule has 0 bridgehead atoms. The van der Waals surface area contributed by atoms with Crippen molar-refractivity contribution in [2.24, 2.45) is 0 Å². The van der Waals surface area contributed by atoms with E-state index in [2.05, 4.69) is 9.97 Å². The van der Waals surface area contributed by atoms with Crippen LogP contribution in [-0.2, 0) is 0 Å². The van der Waals surface area contributed by atoms with Crippen molar-refractivity contribution in [2.45, 2.75) is 26.1 Å². The molecule has 3 N–H and O–H groups in total. The fraction of sp³-hybridized carbons (Fsp3) is 0.227. The number of hydrogen-bond donors (Lipinski definition) is 2. The van der Waals surface area contributed by atoms with E-state index in [4.69, 9.17) is 5.73 Å². The Morgan fingerprint density at radius 2 is 1.97 bits per heavy atom. The van der Waals surface area contributed by atoms with Crippen LogP contribution < -0.4 is 11.1 Å². The Morgan fingerprint density at radius 1 is 1.19 bits per heavy atom. The van der Waals surface area contributed by atoms with Crippen LogP contribution in [0.1, 0.15) is 30.2 Å². The molecule has 0 aliphatic carbocycles. The van der Waals surface area contributed by atoms with Crippen LogP contribution in [0.15, 0.2) is 48.9 Å². The number of amides is 1. The zero-order valence-corrected chi connectivity index (χ0v) is 16.9. The second-order valence-corrected chi connectivity index (χ2v) is 7.54. The number of carbonyl (C=O) groups excluding carboxylic acids is 1. The van der Waals surface area contributed by atoms with E-state index >= 15 is 0 Å². The third-order valence-electron chi connectivity index (χ3n) is 5.08. The van der Waals surface area contributed by atoms with Crippen molar-refractivity contribution < 1.29 is 18.0 Å². The standard InChI is InChI=1S/C22H20F3N5O/c1-12(2)30-9-17(18-19(26)28-11-29-20(18)30)14-6-7-15-13(8-14)4-3-5-16(15)21(31)27-10-22(23,24)25/h3-9,11-12H,10H2,1-2H3,(H,27,31)(H2,26,28,29). The molecule has 0 radical (unpaired) electrons. The normalized spacial score (nSPS) is 12.1. The molecule has 0 fully saturated rings. The highest BCUT2D eigenvalue weighted by atomic mass is 19.4. The van der Waals surface area contributed by atoms with Crippen LogP contribution in [0.25, 0.3) is 32.9 Å². The third kappa shape index (κ3) is 3.90. The number of benzene rings is 2. The zero-order valence-electron chi connectivity index (χ0n) is 16.9. The number of hydrogen-bond acceptors (Lipinski definition) is 4. The predicted octanol–water partition coefficient (Wildman–Crippen LogP) is 4.71. The first kappa shape index (κ1) is 20.6. The Balaban J connectivity index is 1.81. The van der Waals surface area contributed by atoms with Gasteiger partial charge in [-0.3, -0.25) is 4.79 Å². The van der Waals surface area contributed by atoms with Gasteiger partial charge in [0.15, 0.2) is 0 Å². The number of anilines is 1. The second kappa shape index (κ2) is 7.57. The Kier molecular flexibility index (Phi) is 5.04. The average Bonchev–Trinajstić information content (AvgIpc) is 3.12. The molecule has 4 aromatic rings. The van der Waals surface area contributed by atoms with Crippen molar-refractivity contribution in [3.8, 4) is 11.1 Å². The Labute approximate surface area is 175 Å². The van der Waals surface area contributed by atoms with E-state index in [-0.39, 0.29) is 11.6 Å². The minimum absolute atomic E-state index is 0.148. The topological polar surface area (TPSA) is 85.8 Å². The van der Waals surface area contributed by atoms with E-state index < -0.39 is 18.6 Å². The molecule has 1 amide bonds. The highest BCUT2D eigenvalue weighted by Crippen LogP contribution is 2.35. The van der Waals surface area contributed by atoms with E-state index in [1.807, 2.05) is 42.1 Å². The molecule has 2 aromatic carbocycles. The van der Waals surface area contributed by atoms with E-state index in [0.29, 0.717) is 11.2 Å². The number of carbonyl (C=O) groups is 1. The summed E-state index contributed by atoms with van der Waals surface area (Å²) >= 11 is 0. The van der Waals surface area contributed by atoms with Gasteiger partial charge in [0.1, 0.15) is 24.3 Å². The van der Waals surface area contributed by atoms with Crippen LogP contribution in [0.5, 0.6) is 0 Å². The number of halogens is 3. The molecule has 0 spiro atoms. The van der Waals surface area contributed by atoms with Gasteiger partial charge in [-0.1, -0.05) is 24.3 Å². The number of nitrogens with zero attached hydrogens (tertiary/aromatic N) is 3. The smallest absolute Gasteiger partial charge is 0.383 e. The van der Waals surface area contributed by atoms with Crippen molar-refractivity contribution in [2.75, 3.05) is 12.3 Å². The molecule has 160 valence electrons. The summed E-state index contributed by atoms with van der Waals surface area (Å²) in [5, 5.41) is 3.93. The molecular weight excluding hydrogens is 407 g/mol. The van der Waals surface area contributed by atoms with Gasteiger partial charge in [0.25, 0.3) is 5.91 Å². The average molecular weight is 427 g/mol. The Bertz CT molecular complexity index is 1290. The fourth-order valence-electron chi connectivity index (χ4n) is 3.65. The molecule has 4 rings (SSSR count). The summed E-state index contributed by atoms with van der Waals surface area (Å²) in [4.78, 5) is 20.8. The number of fused-ring (bicyclic) bond motifs is 2. The summed E-state index contributed by atoms with van der Waals surface area (Å²) < 4.78 is 39.4. The summed E-state index contributed by atoms with van der Waals surface area (Å²) in [6.07, 6.45) is -1.09. The lowest BCUT2D eigenvalue weighted by Crippen LogP contribution is -2.33. The van der Waals surface area contributed by atoms with Gasteiger partial charge in [0, 0.05) is 23.4 Å². The van der Waals surface area contributed by atoms with Crippen molar-refractivity contribution in [3.05, 3.63) is 54.5 Å². The Hall–Kier alpha value is -3.62. The van der Waals surface area contributed by atoms with E-state index in [1.54, 1.807) is 18.2 Å². The van der Waals surface area contributed by atoms with Crippen LogP contribution in [0.4, 0.5) is 19.0 Å². The molecule has 0 unspecified atom stereocenters. The molecule has 0 saturated heterocycles. The first-order valence-electron chi connectivity index (χ1n) is 9.65. The summed E-state index contributed by atoms with van der Waals surface area (Å²) in [7, 11) is 0. The van der Waals surface area contributed by atoms with Crippen LogP contribution in [0.3, 0.4) is 0 Å². The number of nitrogen functional groups attached to an aromatic ring is 1. The van der Waals surface area contributed by atoms with E-state index in [1.165, 1.54) is 12.4 Å². The molecule has 9 heteroatoms. The van der Waals surface area contributed by atoms with Gasteiger partial charge in [-0.05, 0) is 42.3 Å². The zero-order chi connectivity index (χ0) is 22.3. The fourth-order valence-corrected chi connectivity index (χ4v) is 3.65. The van der Waals surface area contributed by atoms with Crippen molar-refractivity contribution in [1.82, 2.24) is 19.9 Å². The van der Waals surface area contributed by atoms with Gasteiger partial charge in [-0.25, -0.2) is 9.97 Å². The SMILES string of the molecule is CC(C)n1cc(-c2ccc3c(C(=O)NCC(F)(F)F)cccc3c2)c2c(N)ncnc21. The van der Waals surface area contributed by atoms with Gasteiger partial charge < -0.3 is 15.6 Å². The van der Waals surface area contributed by atoms with E-state index in [0.717, 1.165) is 27.5 Å².